The monoisotopic (exact) mass is 278 g/mol. The van der Waals surface area contributed by atoms with E-state index in [4.69, 9.17) is 5.11 Å². The number of nitrogens with one attached hydrogen (secondary N) is 2. The molecule has 0 fully saturated rings. The molecule has 5 heteroatoms. The second-order valence-corrected chi connectivity index (χ2v) is 5.92. The number of amides is 2. The molecule has 0 radical (unpaired) electrons. The van der Waals surface area contributed by atoms with Crippen LogP contribution in [-0.4, -0.2) is 23.7 Å². The highest BCUT2D eigenvalue weighted by Gasteiger charge is 2.10. The van der Waals surface area contributed by atoms with Gasteiger partial charge in [-0.15, -0.1) is 0 Å². The predicted molar refractivity (Wildman–Crippen MR) is 77.7 cm³/mol. The van der Waals surface area contributed by atoms with Crippen LogP contribution in [0.3, 0.4) is 0 Å². The standard InChI is InChI=1S/C15H22N2O3/c1-15(2,3)8-9-16-14(20)17-10-11-4-6-12(7-5-11)13(18)19/h4-7H,8-10H2,1-3H3,(H,18,19)(H2,16,17,20). The van der Waals surface area contributed by atoms with Crippen molar-refractivity contribution in [3.05, 3.63) is 35.4 Å². The Hall–Kier alpha value is -2.04. The van der Waals surface area contributed by atoms with E-state index in [2.05, 4.69) is 31.4 Å². The van der Waals surface area contributed by atoms with Crippen molar-refractivity contribution in [2.45, 2.75) is 33.7 Å². The van der Waals surface area contributed by atoms with Gasteiger partial charge in [-0.25, -0.2) is 9.59 Å². The Morgan fingerprint density at radius 3 is 2.20 bits per heavy atom. The Bertz CT molecular complexity index is 461. The van der Waals surface area contributed by atoms with Crippen LogP contribution < -0.4 is 10.6 Å². The zero-order chi connectivity index (χ0) is 15.2. The third-order valence-electron chi connectivity index (χ3n) is 2.81. The van der Waals surface area contributed by atoms with Gasteiger partial charge in [-0.05, 0) is 29.5 Å². The summed E-state index contributed by atoms with van der Waals surface area (Å²) in [6.07, 6.45) is 0.910. The molecule has 1 aromatic carbocycles. The van der Waals surface area contributed by atoms with Gasteiger partial charge in [0, 0.05) is 13.1 Å². The van der Waals surface area contributed by atoms with E-state index in [0.717, 1.165) is 12.0 Å². The summed E-state index contributed by atoms with van der Waals surface area (Å²) in [4.78, 5) is 22.3. The Labute approximate surface area is 119 Å². The van der Waals surface area contributed by atoms with Gasteiger partial charge in [0.05, 0.1) is 5.56 Å². The molecule has 0 saturated heterocycles. The van der Waals surface area contributed by atoms with Crippen LogP contribution in [0.1, 0.15) is 43.1 Å². The number of urea groups is 1. The molecule has 0 aliphatic carbocycles. The van der Waals surface area contributed by atoms with Crippen LogP contribution in [0.15, 0.2) is 24.3 Å². The number of hydrogen-bond acceptors (Lipinski definition) is 2. The average Bonchev–Trinajstić information content (AvgIpc) is 2.35. The average molecular weight is 278 g/mol. The fourth-order valence-electron chi connectivity index (χ4n) is 1.56. The Morgan fingerprint density at radius 2 is 1.70 bits per heavy atom. The van der Waals surface area contributed by atoms with Gasteiger partial charge < -0.3 is 15.7 Å². The van der Waals surface area contributed by atoms with Crippen molar-refractivity contribution in [2.75, 3.05) is 6.54 Å². The first-order valence-corrected chi connectivity index (χ1v) is 6.62. The molecule has 0 unspecified atom stereocenters. The van der Waals surface area contributed by atoms with Gasteiger partial charge in [-0.1, -0.05) is 32.9 Å². The lowest BCUT2D eigenvalue weighted by Gasteiger charge is -2.18. The predicted octanol–water partition coefficient (Wildman–Crippen LogP) is 2.62. The number of benzene rings is 1. The van der Waals surface area contributed by atoms with Crippen molar-refractivity contribution in [2.24, 2.45) is 5.41 Å². The normalized spacial score (nSPS) is 10.9. The van der Waals surface area contributed by atoms with Crippen LogP contribution in [0.2, 0.25) is 0 Å². The molecule has 0 heterocycles. The minimum atomic E-state index is -0.954. The first-order chi connectivity index (χ1) is 9.28. The molecule has 1 aromatic rings. The molecule has 0 saturated carbocycles. The molecule has 1 rings (SSSR count). The van der Waals surface area contributed by atoms with E-state index in [1.54, 1.807) is 12.1 Å². The van der Waals surface area contributed by atoms with Crippen LogP contribution in [0, 0.1) is 5.41 Å². The highest BCUT2D eigenvalue weighted by atomic mass is 16.4. The van der Waals surface area contributed by atoms with Crippen molar-refractivity contribution in [3.8, 4) is 0 Å². The maximum absolute atomic E-state index is 11.6. The molecule has 110 valence electrons. The number of carboxylic acids is 1. The lowest BCUT2D eigenvalue weighted by Crippen LogP contribution is -2.36. The number of carboxylic acid groups (broad SMARTS) is 1. The van der Waals surface area contributed by atoms with Gasteiger partial charge in [-0.3, -0.25) is 0 Å². The number of rotatable bonds is 5. The van der Waals surface area contributed by atoms with Crippen LogP contribution in [-0.2, 0) is 6.54 Å². The first-order valence-electron chi connectivity index (χ1n) is 6.62. The summed E-state index contributed by atoms with van der Waals surface area (Å²) in [6.45, 7) is 7.37. The van der Waals surface area contributed by atoms with E-state index in [9.17, 15) is 9.59 Å². The van der Waals surface area contributed by atoms with E-state index < -0.39 is 5.97 Å². The van der Waals surface area contributed by atoms with E-state index in [0.29, 0.717) is 13.1 Å². The Kier molecular flexibility index (Phi) is 5.55. The third kappa shape index (κ3) is 6.22. The maximum atomic E-state index is 11.6. The molecule has 20 heavy (non-hydrogen) atoms. The molecule has 2 amide bonds. The van der Waals surface area contributed by atoms with Gasteiger partial charge in [0.2, 0.25) is 0 Å². The van der Waals surface area contributed by atoms with Crippen LogP contribution in [0.4, 0.5) is 4.79 Å². The molecule has 0 aromatic heterocycles. The number of carbonyl (C=O) groups excluding carboxylic acids is 1. The molecule has 0 aliphatic heterocycles. The van der Waals surface area contributed by atoms with Crippen molar-refractivity contribution in [1.29, 1.82) is 0 Å². The third-order valence-corrected chi connectivity index (χ3v) is 2.81. The highest BCUT2D eigenvalue weighted by molar-refractivity contribution is 5.87. The Balaban J connectivity index is 2.32. The summed E-state index contributed by atoms with van der Waals surface area (Å²) < 4.78 is 0. The van der Waals surface area contributed by atoms with E-state index in [1.807, 2.05) is 0 Å². The van der Waals surface area contributed by atoms with Crippen LogP contribution >= 0.6 is 0 Å². The minimum absolute atomic E-state index is 0.194. The summed E-state index contributed by atoms with van der Waals surface area (Å²) >= 11 is 0. The van der Waals surface area contributed by atoms with Crippen molar-refractivity contribution >= 4 is 12.0 Å². The maximum Gasteiger partial charge on any atom is 0.335 e. The topological polar surface area (TPSA) is 78.4 Å². The first kappa shape index (κ1) is 16.0. The smallest absolute Gasteiger partial charge is 0.335 e. The Morgan fingerprint density at radius 1 is 1.10 bits per heavy atom. The summed E-state index contributed by atoms with van der Waals surface area (Å²) in [6, 6.07) is 6.22. The fourth-order valence-corrected chi connectivity index (χ4v) is 1.56. The lowest BCUT2D eigenvalue weighted by molar-refractivity contribution is 0.0697. The fraction of sp³-hybridized carbons (Fsp3) is 0.467. The lowest BCUT2D eigenvalue weighted by atomic mass is 9.92. The molecule has 0 aliphatic rings. The molecule has 3 N–H and O–H groups in total. The van der Waals surface area contributed by atoms with Crippen LogP contribution in [0.25, 0.3) is 0 Å². The largest absolute Gasteiger partial charge is 0.478 e. The minimum Gasteiger partial charge on any atom is -0.478 e. The van der Waals surface area contributed by atoms with Gasteiger partial charge >= 0.3 is 12.0 Å². The summed E-state index contributed by atoms with van der Waals surface area (Å²) in [5, 5.41) is 14.3. The summed E-state index contributed by atoms with van der Waals surface area (Å²) in [5.41, 5.74) is 1.30. The molecule has 0 spiro atoms. The molecule has 5 nitrogen and oxygen atoms in total. The van der Waals surface area contributed by atoms with Crippen molar-refractivity contribution < 1.29 is 14.7 Å². The molecular weight excluding hydrogens is 256 g/mol. The van der Waals surface area contributed by atoms with E-state index >= 15 is 0 Å². The van der Waals surface area contributed by atoms with Gasteiger partial charge in [0.1, 0.15) is 0 Å². The van der Waals surface area contributed by atoms with E-state index in [-0.39, 0.29) is 17.0 Å². The van der Waals surface area contributed by atoms with E-state index in [1.165, 1.54) is 12.1 Å². The molecular formula is C15H22N2O3. The molecule has 0 atom stereocenters. The molecule has 0 bridgehead atoms. The second-order valence-electron chi connectivity index (χ2n) is 5.92. The highest BCUT2D eigenvalue weighted by Crippen LogP contribution is 2.16. The van der Waals surface area contributed by atoms with Crippen LogP contribution in [0.5, 0.6) is 0 Å². The number of hydrogen-bond donors (Lipinski definition) is 3. The van der Waals surface area contributed by atoms with Crippen molar-refractivity contribution in [3.63, 3.8) is 0 Å². The summed E-state index contributed by atoms with van der Waals surface area (Å²) in [7, 11) is 0. The number of carbonyl (C=O) groups is 2. The SMILES string of the molecule is CC(C)(C)CCNC(=O)NCc1ccc(C(=O)O)cc1. The second kappa shape index (κ2) is 6.93. The zero-order valence-electron chi connectivity index (χ0n) is 12.2. The van der Waals surface area contributed by atoms with Gasteiger partial charge in [0.25, 0.3) is 0 Å². The van der Waals surface area contributed by atoms with Gasteiger partial charge in [0.15, 0.2) is 0 Å². The zero-order valence-corrected chi connectivity index (χ0v) is 12.2. The van der Waals surface area contributed by atoms with Crippen molar-refractivity contribution in [1.82, 2.24) is 10.6 Å². The summed E-state index contributed by atoms with van der Waals surface area (Å²) in [5.74, 6) is -0.954. The number of aromatic carboxylic acids is 1. The quantitative estimate of drug-likeness (QED) is 0.774. The van der Waals surface area contributed by atoms with Gasteiger partial charge in [-0.2, -0.15) is 0 Å².